The number of aryl methyl sites for hydroxylation is 2. The highest BCUT2D eigenvalue weighted by Gasteiger charge is 2.45. The Morgan fingerprint density at radius 3 is 2.68 bits per heavy atom. The van der Waals surface area contributed by atoms with E-state index in [9.17, 15) is 9.59 Å². The minimum Gasteiger partial charge on any atom is -0.300 e. The van der Waals surface area contributed by atoms with Crippen molar-refractivity contribution in [2.24, 2.45) is 0 Å². The molecule has 1 unspecified atom stereocenters. The molecule has 4 nitrogen and oxygen atoms in total. The predicted octanol–water partition coefficient (Wildman–Crippen LogP) is 1.74. The van der Waals surface area contributed by atoms with Crippen molar-refractivity contribution in [3.05, 3.63) is 21.4 Å². The third-order valence-electron chi connectivity index (χ3n) is 3.83. The zero-order valence-corrected chi connectivity index (χ0v) is 12.0. The van der Waals surface area contributed by atoms with E-state index in [-0.39, 0.29) is 23.9 Å². The standard InChI is InChI=1S/C14H18N2O2S/c1-8-5-11(19-9(8)2)7-15-12-6-13(17)16(14(12)18)10-3-4-10/h5,10,12,15H,3-4,6-7H2,1-2H3. The van der Waals surface area contributed by atoms with Crippen LogP contribution < -0.4 is 5.32 Å². The summed E-state index contributed by atoms with van der Waals surface area (Å²) >= 11 is 1.75. The highest BCUT2D eigenvalue weighted by molar-refractivity contribution is 7.12. The molecular weight excluding hydrogens is 260 g/mol. The van der Waals surface area contributed by atoms with E-state index in [1.165, 1.54) is 20.2 Å². The maximum atomic E-state index is 12.1. The van der Waals surface area contributed by atoms with E-state index in [2.05, 4.69) is 25.2 Å². The summed E-state index contributed by atoms with van der Waals surface area (Å²) in [6.45, 7) is 4.86. The molecule has 1 aliphatic carbocycles. The monoisotopic (exact) mass is 278 g/mol. The van der Waals surface area contributed by atoms with Gasteiger partial charge in [-0.15, -0.1) is 11.3 Å². The number of nitrogens with zero attached hydrogens (tertiary/aromatic N) is 1. The van der Waals surface area contributed by atoms with Crippen LogP contribution in [0, 0.1) is 13.8 Å². The van der Waals surface area contributed by atoms with Crippen LogP contribution in [0.3, 0.4) is 0 Å². The van der Waals surface area contributed by atoms with E-state index in [0.717, 1.165) is 12.8 Å². The second kappa shape index (κ2) is 4.72. The number of amides is 2. The van der Waals surface area contributed by atoms with Crippen molar-refractivity contribution >= 4 is 23.2 Å². The predicted molar refractivity (Wildman–Crippen MR) is 73.9 cm³/mol. The van der Waals surface area contributed by atoms with E-state index >= 15 is 0 Å². The van der Waals surface area contributed by atoms with Crippen molar-refractivity contribution < 1.29 is 9.59 Å². The summed E-state index contributed by atoms with van der Waals surface area (Å²) in [5, 5.41) is 3.23. The van der Waals surface area contributed by atoms with Crippen LogP contribution in [0.1, 0.15) is 34.6 Å². The number of thiophene rings is 1. The van der Waals surface area contributed by atoms with Gasteiger partial charge >= 0.3 is 0 Å². The zero-order valence-electron chi connectivity index (χ0n) is 11.2. The molecule has 0 radical (unpaired) electrons. The third-order valence-corrected chi connectivity index (χ3v) is 4.99. The minimum absolute atomic E-state index is 0.0106. The smallest absolute Gasteiger partial charge is 0.247 e. The molecule has 1 aliphatic heterocycles. The van der Waals surface area contributed by atoms with Crippen molar-refractivity contribution in [2.75, 3.05) is 0 Å². The van der Waals surface area contributed by atoms with Crippen molar-refractivity contribution in [1.29, 1.82) is 0 Å². The molecule has 1 aromatic rings. The summed E-state index contributed by atoms with van der Waals surface area (Å²) in [5.41, 5.74) is 1.29. The van der Waals surface area contributed by atoms with Gasteiger partial charge in [0.25, 0.3) is 0 Å². The molecule has 0 aromatic carbocycles. The van der Waals surface area contributed by atoms with Crippen LogP contribution in [0.15, 0.2) is 6.07 Å². The summed E-state index contributed by atoms with van der Waals surface area (Å²) in [7, 11) is 0. The lowest BCUT2D eigenvalue weighted by Gasteiger charge is -2.14. The highest BCUT2D eigenvalue weighted by Crippen LogP contribution is 2.31. The maximum Gasteiger partial charge on any atom is 0.247 e. The Labute approximate surface area is 116 Å². The topological polar surface area (TPSA) is 49.4 Å². The Kier molecular flexibility index (Phi) is 3.19. The van der Waals surface area contributed by atoms with E-state index in [1.807, 2.05) is 0 Å². The van der Waals surface area contributed by atoms with Crippen LogP contribution in [0.2, 0.25) is 0 Å². The van der Waals surface area contributed by atoms with E-state index in [1.54, 1.807) is 11.3 Å². The van der Waals surface area contributed by atoms with Gasteiger partial charge in [0.1, 0.15) is 0 Å². The molecule has 2 amide bonds. The van der Waals surface area contributed by atoms with Crippen molar-refractivity contribution in [2.45, 2.75) is 51.7 Å². The van der Waals surface area contributed by atoms with Crippen LogP contribution in [0.25, 0.3) is 0 Å². The fourth-order valence-corrected chi connectivity index (χ4v) is 3.49. The van der Waals surface area contributed by atoms with E-state index in [0.29, 0.717) is 13.0 Å². The first-order valence-electron chi connectivity index (χ1n) is 6.71. The first kappa shape index (κ1) is 12.8. The molecule has 0 bridgehead atoms. The van der Waals surface area contributed by atoms with E-state index in [4.69, 9.17) is 0 Å². The zero-order chi connectivity index (χ0) is 13.6. The normalized spacial score (nSPS) is 23.5. The van der Waals surface area contributed by atoms with Gasteiger partial charge in [0.15, 0.2) is 0 Å². The summed E-state index contributed by atoms with van der Waals surface area (Å²) in [6, 6.07) is 2.02. The van der Waals surface area contributed by atoms with E-state index < -0.39 is 0 Å². The molecule has 2 aliphatic rings. The van der Waals surface area contributed by atoms with Gasteiger partial charge in [-0.2, -0.15) is 0 Å². The lowest BCUT2D eigenvalue weighted by Crippen LogP contribution is -2.39. The fraction of sp³-hybridized carbons (Fsp3) is 0.571. The third kappa shape index (κ3) is 2.44. The van der Waals surface area contributed by atoms with Crippen LogP contribution in [0.4, 0.5) is 0 Å². The second-order valence-corrected chi connectivity index (χ2v) is 6.76. The molecule has 5 heteroatoms. The van der Waals surface area contributed by atoms with Crippen LogP contribution in [-0.2, 0) is 16.1 Å². The Bertz CT molecular complexity index is 514. The average Bonchev–Trinajstić information content (AvgIpc) is 3.07. The van der Waals surface area contributed by atoms with Crippen molar-refractivity contribution in [1.82, 2.24) is 10.2 Å². The second-order valence-electron chi connectivity index (χ2n) is 5.42. The SMILES string of the molecule is Cc1cc(CNC2CC(=O)N(C3CC3)C2=O)sc1C. The van der Waals surface area contributed by atoms with Crippen LogP contribution in [0.5, 0.6) is 0 Å². The Morgan fingerprint density at radius 1 is 1.37 bits per heavy atom. The molecule has 1 atom stereocenters. The van der Waals surface area contributed by atoms with Crippen molar-refractivity contribution in [3.63, 3.8) is 0 Å². The number of hydrogen-bond acceptors (Lipinski definition) is 4. The van der Waals surface area contributed by atoms with Gasteiger partial charge in [0.2, 0.25) is 11.8 Å². The van der Waals surface area contributed by atoms with Gasteiger partial charge in [0.05, 0.1) is 12.5 Å². The molecule has 1 N–H and O–H groups in total. The quantitative estimate of drug-likeness (QED) is 0.854. The van der Waals surface area contributed by atoms with Gasteiger partial charge in [-0.05, 0) is 38.3 Å². The molecule has 102 valence electrons. The lowest BCUT2D eigenvalue weighted by molar-refractivity contribution is -0.139. The molecule has 0 spiro atoms. The summed E-state index contributed by atoms with van der Waals surface area (Å²) in [4.78, 5) is 28.0. The molecule has 1 saturated carbocycles. The van der Waals surface area contributed by atoms with Gasteiger partial charge < -0.3 is 5.32 Å². The Morgan fingerprint density at radius 2 is 2.11 bits per heavy atom. The molecule has 1 saturated heterocycles. The highest BCUT2D eigenvalue weighted by atomic mass is 32.1. The summed E-state index contributed by atoms with van der Waals surface area (Å²) in [6.07, 6.45) is 2.28. The number of hydrogen-bond donors (Lipinski definition) is 1. The number of carbonyl (C=O) groups excluding carboxylic acids is 2. The first-order chi connectivity index (χ1) is 9.06. The number of rotatable bonds is 4. The average molecular weight is 278 g/mol. The Balaban J connectivity index is 1.61. The first-order valence-corrected chi connectivity index (χ1v) is 7.53. The lowest BCUT2D eigenvalue weighted by atomic mass is 10.2. The van der Waals surface area contributed by atoms with Crippen LogP contribution >= 0.6 is 11.3 Å². The molecular formula is C14H18N2O2S. The number of likely N-dealkylation sites (tertiary alicyclic amines) is 1. The van der Waals surface area contributed by atoms with Crippen LogP contribution in [-0.4, -0.2) is 28.8 Å². The minimum atomic E-state index is -0.323. The number of carbonyl (C=O) groups is 2. The van der Waals surface area contributed by atoms with Gasteiger partial charge in [-0.1, -0.05) is 0 Å². The van der Waals surface area contributed by atoms with Gasteiger partial charge in [0, 0.05) is 22.3 Å². The molecule has 3 rings (SSSR count). The number of nitrogens with one attached hydrogen (secondary N) is 1. The van der Waals surface area contributed by atoms with Crippen molar-refractivity contribution in [3.8, 4) is 0 Å². The molecule has 2 heterocycles. The largest absolute Gasteiger partial charge is 0.300 e. The molecule has 1 aromatic heterocycles. The summed E-state index contributed by atoms with van der Waals surface area (Å²) in [5.74, 6) is -0.0407. The Hall–Kier alpha value is -1.20. The fourth-order valence-electron chi connectivity index (χ4n) is 2.49. The van der Waals surface area contributed by atoms with Gasteiger partial charge in [-0.25, -0.2) is 0 Å². The maximum absolute atomic E-state index is 12.1. The summed E-state index contributed by atoms with van der Waals surface area (Å²) < 4.78 is 0. The number of imide groups is 1. The molecule has 2 fully saturated rings. The molecule has 19 heavy (non-hydrogen) atoms. The van der Waals surface area contributed by atoms with Gasteiger partial charge in [-0.3, -0.25) is 14.5 Å².